The summed E-state index contributed by atoms with van der Waals surface area (Å²) in [4.78, 5) is 19.7. The normalized spacial score (nSPS) is 19.2. The maximum absolute atomic E-state index is 12.7. The molecule has 0 aromatic carbocycles. The number of carbonyl (C=O) groups is 1. The smallest absolute Gasteiger partial charge is 0.255 e. The van der Waals surface area contributed by atoms with Gasteiger partial charge < -0.3 is 10.2 Å². The number of hydrogen-bond donors (Lipinski definition) is 1. The summed E-state index contributed by atoms with van der Waals surface area (Å²) in [6.07, 6.45) is 12.5. The van der Waals surface area contributed by atoms with Gasteiger partial charge in [0.1, 0.15) is 0 Å². The van der Waals surface area contributed by atoms with Crippen molar-refractivity contribution in [3.05, 3.63) is 47.5 Å². The lowest BCUT2D eigenvalue weighted by Crippen LogP contribution is -2.40. The lowest BCUT2D eigenvalue weighted by Gasteiger charge is -2.35. The molecule has 0 unspecified atom stereocenters. The van der Waals surface area contributed by atoms with Crippen LogP contribution in [0.3, 0.4) is 0 Å². The van der Waals surface area contributed by atoms with Gasteiger partial charge in [-0.3, -0.25) is 14.5 Å². The largest absolute Gasteiger partial charge is 0.346 e. The zero-order valence-electron chi connectivity index (χ0n) is 16.8. The molecule has 0 spiro atoms. The molecule has 2 aromatic heterocycles. The number of rotatable bonds is 6. The van der Waals surface area contributed by atoms with E-state index in [9.17, 15) is 4.79 Å². The van der Waals surface area contributed by atoms with E-state index in [4.69, 9.17) is 0 Å². The minimum Gasteiger partial charge on any atom is -0.346 e. The first-order valence-corrected chi connectivity index (χ1v) is 10.6. The Kier molecular flexibility index (Phi) is 6.05. The molecule has 2 aromatic rings. The summed E-state index contributed by atoms with van der Waals surface area (Å²) in [5.41, 5.74) is 2.50. The lowest BCUT2D eigenvalue weighted by molar-refractivity contribution is 0.0948. The Morgan fingerprint density at radius 1 is 1.18 bits per heavy atom. The number of aromatic nitrogens is 3. The molecule has 1 N–H and O–H groups in total. The van der Waals surface area contributed by atoms with E-state index in [1.165, 1.54) is 51.6 Å². The Morgan fingerprint density at radius 2 is 1.96 bits per heavy atom. The number of nitrogens with one attached hydrogen (secondary N) is 1. The lowest BCUT2D eigenvalue weighted by atomic mass is 9.90. The first-order chi connectivity index (χ1) is 13.7. The first-order valence-electron chi connectivity index (χ1n) is 10.6. The molecule has 3 heterocycles. The molecule has 1 saturated heterocycles. The summed E-state index contributed by atoms with van der Waals surface area (Å²) in [6, 6.07) is 6.55. The third kappa shape index (κ3) is 4.61. The van der Waals surface area contributed by atoms with Gasteiger partial charge in [-0.2, -0.15) is 5.10 Å². The number of amides is 1. The van der Waals surface area contributed by atoms with Crippen LogP contribution in [0.4, 0.5) is 0 Å². The predicted molar refractivity (Wildman–Crippen MR) is 109 cm³/mol. The Balaban J connectivity index is 1.33. The molecule has 150 valence electrons. The third-order valence-electron chi connectivity index (χ3n) is 6.28. The zero-order chi connectivity index (χ0) is 19.3. The van der Waals surface area contributed by atoms with Gasteiger partial charge in [0.15, 0.2) is 0 Å². The molecular formula is C22H31N5O. The quantitative estimate of drug-likeness (QED) is 0.836. The van der Waals surface area contributed by atoms with E-state index in [0.717, 1.165) is 23.9 Å². The summed E-state index contributed by atoms with van der Waals surface area (Å²) < 4.78 is 1.76. The maximum Gasteiger partial charge on any atom is 0.255 e. The van der Waals surface area contributed by atoms with Crippen molar-refractivity contribution >= 4 is 5.91 Å². The van der Waals surface area contributed by atoms with Crippen LogP contribution in [0.25, 0.3) is 0 Å². The summed E-state index contributed by atoms with van der Waals surface area (Å²) in [6.45, 7) is 2.83. The summed E-state index contributed by atoms with van der Waals surface area (Å²) in [5.74, 6) is 0.562. The number of hydrogen-bond acceptors (Lipinski definition) is 4. The highest BCUT2D eigenvalue weighted by molar-refractivity contribution is 5.95. The number of pyridine rings is 1. The van der Waals surface area contributed by atoms with E-state index in [1.54, 1.807) is 10.9 Å². The fourth-order valence-electron chi connectivity index (χ4n) is 4.71. The Morgan fingerprint density at radius 3 is 2.68 bits per heavy atom. The van der Waals surface area contributed by atoms with Gasteiger partial charge in [0.2, 0.25) is 0 Å². The molecule has 1 amide bonds. The Hall–Kier alpha value is -2.21. The highest BCUT2D eigenvalue weighted by Crippen LogP contribution is 2.29. The van der Waals surface area contributed by atoms with Crippen molar-refractivity contribution in [3.8, 4) is 0 Å². The molecule has 6 nitrogen and oxygen atoms in total. The van der Waals surface area contributed by atoms with Gasteiger partial charge in [0, 0.05) is 25.5 Å². The van der Waals surface area contributed by atoms with Crippen molar-refractivity contribution in [3.63, 3.8) is 0 Å². The highest BCUT2D eigenvalue weighted by Gasteiger charge is 2.28. The molecule has 2 fully saturated rings. The Bertz CT molecular complexity index is 773. The molecule has 1 aliphatic heterocycles. The highest BCUT2D eigenvalue weighted by atomic mass is 16.1. The van der Waals surface area contributed by atoms with Crippen molar-refractivity contribution < 1.29 is 4.79 Å². The minimum absolute atomic E-state index is 0.0582. The van der Waals surface area contributed by atoms with Gasteiger partial charge in [-0.25, -0.2) is 0 Å². The summed E-state index contributed by atoms with van der Waals surface area (Å²) in [5, 5.41) is 7.59. The van der Waals surface area contributed by atoms with Crippen LogP contribution in [-0.2, 0) is 20.0 Å². The van der Waals surface area contributed by atoms with Crippen LogP contribution < -0.4 is 5.32 Å². The van der Waals surface area contributed by atoms with Crippen molar-refractivity contribution in [2.45, 2.75) is 57.5 Å². The average Bonchev–Trinajstić information content (AvgIpc) is 3.38. The summed E-state index contributed by atoms with van der Waals surface area (Å²) in [7, 11) is 1.89. The third-order valence-corrected chi connectivity index (χ3v) is 6.28. The molecule has 0 radical (unpaired) electrons. The SMILES string of the molecule is Cn1cc(C(=O)NCc2ccccn2)c(CC2CCN(C3CCCC3)CC2)n1. The van der Waals surface area contributed by atoms with Crippen molar-refractivity contribution in [1.29, 1.82) is 0 Å². The van der Waals surface area contributed by atoms with E-state index < -0.39 is 0 Å². The second-order valence-corrected chi connectivity index (χ2v) is 8.29. The van der Waals surface area contributed by atoms with Crippen LogP contribution in [0.15, 0.2) is 30.6 Å². The van der Waals surface area contributed by atoms with E-state index >= 15 is 0 Å². The number of aryl methyl sites for hydroxylation is 1. The van der Waals surface area contributed by atoms with Gasteiger partial charge in [-0.1, -0.05) is 18.9 Å². The molecule has 4 rings (SSSR count). The van der Waals surface area contributed by atoms with Crippen LogP contribution in [-0.4, -0.2) is 44.7 Å². The minimum atomic E-state index is -0.0582. The van der Waals surface area contributed by atoms with Crippen molar-refractivity contribution in [1.82, 2.24) is 25.0 Å². The molecule has 0 atom stereocenters. The van der Waals surface area contributed by atoms with E-state index in [-0.39, 0.29) is 5.91 Å². The zero-order valence-corrected chi connectivity index (χ0v) is 16.8. The monoisotopic (exact) mass is 381 g/mol. The van der Waals surface area contributed by atoms with E-state index in [2.05, 4.69) is 20.3 Å². The predicted octanol–water partition coefficient (Wildman–Crippen LogP) is 2.94. The standard InChI is InChI=1S/C22H31N5O/c1-26-16-20(22(28)24-15-18-6-4-5-11-23-18)21(25-26)14-17-9-12-27(13-10-17)19-7-2-3-8-19/h4-6,11,16-17,19H,2-3,7-10,12-15H2,1H3,(H,24,28). The molecule has 1 saturated carbocycles. The van der Waals surface area contributed by atoms with Crippen LogP contribution in [0.1, 0.15) is 60.3 Å². The number of nitrogens with zero attached hydrogens (tertiary/aromatic N) is 4. The summed E-state index contributed by atoms with van der Waals surface area (Å²) >= 11 is 0. The maximum atomic E-state index is 12.7. The van der Waals surface area contributed by atoms with Gasteiger partial charge >= 0.3 is 0 Å². The molecule has 6 heteroatoms. The van der Waals surface area contributed by atoms with Crippen molar-refractivity contribution in [2.24, 2.45) is 13.0 Å². The Labute approximate surface area is 167 Å². The van der Waals surface area contributed by atoms with Crippen molar-refractivity contribution in [2.75, 3.05) is 13.1 Å². The van der Waals surface area contributed by atoms with E-state index in [1.807, 2.05) is 31.4 Å². The molecular weight excluding hydrogens is 350 g/mol. The van der Waals surface area contributed by atoms with Gasteiger partial charge in [-0.15, -0.1) is 0 Å². The van der Waals surface area contributed by atoms with Crippen LogP contribution in [0, 0.1) is 5.92 Å². The fourth-order valence-corrected chi connectivity index (χ4v) is 4.71. The molecule has 1 aliphatic carbocycles. The average molecular weight is 382 g/mol. The van der Waals surface area contributed by atoms with Crippen LogP contribution in [0.5, 0.6) is 0 Å². The van der Waals surface area contributed by atoms with Crippen LogP contribution in [0.2, 0.25) is 0 Å². The fraction of sp³-hybridized carbons (Fsp3) is 0.591. The van der Waals surface area contributed by atoms with Crippen LogP contribution >= 0.6 is 0 Å². The van der Waals surface area contributed by atoms with Gasteiger partial charge in [-0.05, 0) is 63.2 Å². The molecule has 2 aliphatic rings. The number of likely N-dealkylation sites (tertiary alicyclic amines) is 1. The first kappa shape index (κ1) is 19.1. The molecule has 0 bridgehead atoms. The topological polar surface area (TPSA) is 63.1 Å². The second-order valence-electron chi connectivity index (χ2n) is 8.29. The van der Waals surface area contributed by atoms with Gasteiger partial charge in [0.25, 0.3) is 5.91 Å². The molecule has 28 heavy (non-hydrogen) atoms. The number of piperidine rings is 1. The van der Waals surface area contributed by atoms with Gasteiger partial charge in [0.05, 0.1) is 23.5 Å². The number of carbonyl (C=O) groups excluding carboxylic acids is 1. The van der Waals surface area contributed by atoms with E-state index in [0.29, 0.717) is 18.0 Å². The second kappa shape index (κ2) is 8.86.